The van der Waals surface area contributed by atoms with Crippen LogP contribution in [0.3, 0.4) is 0 Å². The van der Waals surface area contributed by atoms with Gasteiger partial charge in [-0.25, -0.2) is 0 Å². The van der Waals surface area contributed by atoms with Gasteiger partial charge in [-0.2, -0.15) is 0 Å². The Morgan fingerprint density at radius 1 is 0.414 bits per heavy atom. The van der Waals surface area contributed by atoms with Gasteiger partial charge in [0.25, 0.3) is 0 Å². The molecule has 0 unspecified atom stereocenters. The minimum absolute atomic E-state index is 0.00977. The Bertz CT molecular complexity index is 4370. The van der Waals surface area contributed by atoms with Gasteiger partial charge in [-0.15, -0.1) is 0 Å². The van der Waals surface area contributed by atoms with Crippen molar-refractivity contribution in [2.45, 2.75) is 52.4 Å². The largest absolute Gasteiger partial charge is 0.456 e. The Kier molecular flexibility index (Phi) is 7.80. The van der Waals surface area contributed by atoms with E-state index in [1.54, 1.807) is 0 Å². The van der Waals surface area contributed by atoms with Gasteiger partial charge in [0, 0.05) is 77.5 Å². The standard InChI is InChI=1S/C64H47BN2O3/c1-63(2,3)38-21-24-40(25-22-38)67-52-35-58-47(42-26-23-39(64(4,5)6)29-55(42)69-58)30-45(52)43-27-28-44-46-33-56-48(41-19-13-14-20-54(41)68-56)31-51(46)66-53-32-49-57(34-50(53)65(67)60(43)61(44)66)70-62(37-17-11-8-12-18-37)59(49)36-15-9-7-10-16-36/h7-35H,1-6H3. The molecule has 2 aliphatic heterocycles. The molecule has 0 N–H and O–H groups in total. The quantitative estimate of drug-likeness (QED) is 0.166. The second-order valence-corrected chi connectivity index (χ2v) is 21.7. The lowest BCUT2D eigenvalue weighted by atomic mass is 9.44. The van der Waals surface area contributed by atoms with E-state index in [0.717, 1.165) is 105 Å². The third-order valence-electron chi connectivity index (χ3n) is 15.5. The maximum Gasteiger partial charge on any atom is 0.333 e. The van der Waals surface area contributed by atoms with E-state index in [1.165, 1.54) is 44.1 Å². The van der Waals surface area contributed by atoms with Gasteiger partial charge in [0.15, 0.2) is 0 Å². The molecule has 15 rings (SSSR count). The Morgan fingerprint density at radius 3 is 1.81 bits per heavy atom. The van der Waals surface area contributed by atoms with Crippen molar-refractivity contribution in [2.24, 2.45) is 0 Å². The van der Waals surface area contributed by atoms with Gasteiger partial charge in [0.2, 0.25) is 0 Å². The first-order valence-electron chi connectivity index (χ1n) is 24.5. The van der Waals surface area contributed by atoms with E-state index in [9.17, 15) is 0 Å². The molecular formula is C64H47BN2O3. The average molecular weight is 903 g/mol. The lowest BCUT2D eigenvalue weighted by Gasteiger charge is -2.42. The fourth-order valence-electron chi connectivity index (χ4n) is 12.0. The molecule has 9 aromatic carbocycles. The van der Waals surface area contributed by atoms with E-state index < -0.39 is 0 Å². The van der Waals surface area contributed by atoms with Crippen molar-refractivity contribution in [3.8, 4) is 39.3 Å². The van der Waals surface area contributed by atoms with Crippen molar-refractivity contribution in [3.63, 3.8) is 0 Å². The summed E-state index contributed by atoms with van der Waals surface area (Å²) in [5.74, 6) is 0.863. The van der Waals surface area contributed by atoms with E-state index in [1.807, 2.05) is 0 Å². The molecule has 0 fully saturated rings. The second kappa shape index (κ2) is 13.7. The molecule has 6 heterocycles. The fraction of sp³-hybridized carbons (Fsp3) is 0.125. The Morgan fingerprint density at radius 2 is 1.04 bits per heavy atom. The molecule has 4 aromatic heterocycles. The number of hydrogen-bond donors (Lipinski definition) is 0. The SMILES string of the molecule is CC(C)(C)c1ccc(N2B3c4cc5oc(-c6ccccc6)c(-c6ccccc6)c5cc4-n4c5cc6c(cc5c5ccc(c3c54)-c3cc4c(cc32)oc2cc(C(C)(C)C)ccc24)oc2ccccc26)cc1. The molecule has 13 aromatic rings. The van der Waals surface area contributed by atoms with Gasteiger partial charge >= 0.3 is 6.85 Å². The highest BCUT2D eigenvalue weighted by Crippen LogP contribution is 2.50. The summed E-state index contributed by atoms with van der Waals surface area (Å²) >= 11 is 0. The molecule has 6 heteroatoms. The summed E-state index contributed by atoms with van der Waals surface area (Å²) in [6.07, 6.45) is 0. The van der Waals surface area contributed by atoms with Crippen LogP contribution in [0, 0.1) is 0 Å². The Labute approximate surface area is 405 Å². The topological polar surface area (TPSA) is 47.6 Å². The zero-order valence-corrected chi connectivity index (χ0v) is 39.9. The van der Waals surface area contributed by atoms with Crippen LogP contribution in [0.1, 0.15) is 52.7 Å². The minimum Gasteiger partial charge on any atom is -0.456 e. The number of anilines is 2. The first-order chi connectivity index (χ1) is 34.0. The number of aromatic nitrogens is 1. The van der Waals surface area contributed by atoms with E-state index in [2.05, 4.69) is 227 Å². The molecule has 0 saturated heterocycles. The maximum absolute atomic E-state index is 7.21. The predicted molar refractivity (Wildman–Crippen MR) is 292 cm³/mol. The van der Waals surface area contributed by atoms with Crippen molar-refractivity contribution in [3.05, 3.63) is 187 Å². The highest BCUT2D eigenvalue weighted by Gasteiger charge is 2.45. The van der Waals surface area contributed by atoms with Crippen LogP contribution < -0.4 is 15.7 Å². The van der Waals surface area contributed by atoms with Gasteiger partial charge in [-0.05, 0) is 98.6 Å². The first-order valence-corrected chi connectivity index (χ1v) is 24.5. The van der Waals surface area contributed by atoms with Crippen molar-refractivity contribution in [1.82, 2.24) is 4.57 Å². The van der Waals surface area contributed by atoms with Crippen molar-refractivity contribution in [2.75, 3.05) is 4.81 Å². The lowest BCUT2D eigenvalue weighted by molar-refractivity contribution is 0.587. The maximum atomic E-state index is 7.21. The molecule has 0 atom stereocenters. The van der Waals surface area contributed by atoms with Crippen LogP contribution in [0.25, 0.3) is 116 Å². The Hall–Kier alpha value is -8.22. The molecule has 0 spiro atoms. The summed E-state index contributed by atoms with van der Waals surface area (Å²) in [5.41, 5.74) is 20.7. The van der Waals surface area contributed by atoms with Gasteiger partial charge < -0.3 is 22.6 Å². The zero-order valence-electron chi connectivity index (χ0n) is 39.9. The van der Waals surface area contributed by atoms with Crippen LogP contribution in [0.15, 0.2) is 189 Å². The summed E-state index contributed by atoms with van der Waals surface area (Å²) < 4.78 is 23.3. The summed E-state index contributed by atoms with van der Waals surface area (Å²) in [6, 6.07) is 64.6. The molecule has 2 aliphatic rings. The third-order valence-corrected chi connectivity index (χ3v) is 15.5. The molecule has 0 aliphatic carbocycles. The van der Waals surface area contributed by atoms with Crippen molar-refractivity contribution < 1.29 is 13.3 Å². The lowest BCUT2D eigenvalue weighted by Crippen LogP contribution is -2.60. The molecule has 334 valence electrons. The van der Waals surface area contributed by atoms with Gasteiger partial charge in [0.05, 0.1) is 11.0 Å². The number of benzene rings is 9. The normalized spacial score (nSPS) is 13.5. The number of hydrogen-bond acceptors (Lipinski definition) is 4. The zero-order chi connectivity index (χ0) is 46.9. The fourth-order valence-corrected chi connectivity index (χ4v) is 12.0. The van der Waals surface area contributed by atoms with E-state index in [-0.39, 0.29) is 17.7 Å². The summed E-state index contributed by atoms with van der Waals surface area (Å²) in [5, 5.41) is 7.90. The number of para-hydroxylation sites is 1. The van der Waals surface area contributed by atoms with Crippen LogP contribution >= 0.6 is 0 Å². The van der Waals surface area contributed by atoms with Crippen LogP contribution in [0.2, 0.25) is 0 Å². The van der Waals surface area contributed by atoms with Gasteiger partial charge in [0.1, 0.15) is 33.7 Å². The monoisotopic (exact) mass is 902 g/mol. The highest BCUT2D eigenvalue weighted by atomic mass is 16.3. The predicted octanol–water partition coefficient (Wildman–Crippen LogP) is 16.5. The van der Waals surface area contributed by atoms with E-state index >= 15 is 0 Å². The molecule has 0 amide bonds. The van der Waals surface area contributed by atoms with Crippen molar-refractivity contribution >= 4 is 106 Å². The van der Waals surface area contributed by atoms with Crippen LogP contribution in [0.4, 0.5) is 11.4 Å². The van der Waals surface area contributed by atoms with Crippen LogP contribution in [-0.2, 0) is 10.8 Å². The van der Waals surface area contributed by atoms with Gasteiger partial charge in [-0.1, -0.05) is 157 Å². The summed E-state index contributed by atoms with van der Waals surface area (Å²) in [4.78, 5) is 2.58. The van der Waals surface area contributed by atoms with Gasteiger partial charge in [-0.3, -0.25) is 0 Å². The molecule has 0 bridgehead atoms. The molecular weight excluding hydrogens is 856 g/mol. The van der Waals surface area contributed by atoms with Crippen molar-refractivity contribution in [1.29, 1.82) is 0 Å². The minimum atomic E-state index is -0.230. The summed E-state index contributed by atoms with van der Waals surface area (Å²) in [6.45, 7) is 13.4. The van der Waals surface area contributed by atoms with Crippen LogP contribution in [0.5, 0.6) is 0 Å². The van der Waals surface area contributed by atoms with E-state index in [0.29, 0.717) is 0 Å². The Balaban J connectivity index is 1.10. The second-order valence-electron chi connectivity index (χ2n) is 21.7. The molecule has 0 saturated carbocycles. The third kappa shape index (κ3) is 5.45. The number of nitrogens with zero attached hydrogens (tertiary/aromatic N) is 2. The molecule has 5 nitrogen and oxygen atoms in total. The summed E-state index contributed by atoms with van der Waals surface area (Å²) in [7, 11) is 0. The number of fused-ring (bicyclic) bond motifs is 15. The van der Waals surface area contributed by atoms with Crippen LogP contribution in [-0.4, -0.2) is 11.4 Å². The highest BCUT2D eigenvalue weighted by molar-refractivity contribution is 6.94. The smallest absolute Gasteiger partial charge is 0.333 e. The average Bonchev–Trinajstić information content (AvgIpc) is 4.12. The number of rotatable bonds is 3. The van der Waals surface area contributed by atoms with E-state index in [4.69, 9.17) is 13.3 Å². The number of furan rings is 3. The first kappa shape index (κ1) is 39.7. The molecule has 70 heavy (non-hydrogen) atoms. The molecule has 0 radical (unpaired) electrons.